The molecule has 2 fully saturated rings. The van der Waals surface area contributed by atoms with E-state index in [-0.39, 0.29) is 20.4 Å². The summed E-state index contributed by atoms with van der Waals surface area (Å²) in [6.07, 6.45) is 15.3. The van der Waals surface area contributed by atoms with Crippen molar-refractivity contribution in [2.24, 2.45) is 0 Å². The number of hydrogen-bond acceptors (Lipinski definition) is 5. The SMILES string of the molecule is CN(C)c1cccc(N(C)C)c1-c1ccccc1[PH+](C1CCCCC1)C1CCCCC1.CS(=O)(=O)O.Nc1ccccc1-c1[c-]cccc1.[Pd+2]. The molecule has 0 radical (unpaired) electrons. The second kappa shape index (κ2) is 20.4. The zero-order valence-electron chi connectivity index (χ0n) is 30.3. The zero-order valence-corrected chi connectivity index (χ0v) is 33.7. The molecule has 9 heteroatoms. The molecule has 272 valence electrons. The Labute approximate surface area is 317 Å². The van der Waals surface area contributed by atoms with Gasteiger partial charge in [-0.2, -0.15) is 8.42 Å². The first-order chi connectivity index (χ1) is 23.5. The molecule has 50 heavy (non-hydrogen) atoms. The molecule has 0 aliphatic heterocycles. The van der Waals surface area contributed by atoms with Gasteiger partial charge in [0.2, 0.25) is 0 Å². The van der Waals surface area contributed by atoms with Gasteiger partial charge >= 0.3 is 20.4 Å². The van der Waals surface area contributed by atoms with Crippen LogP contribution in [0.25, 0.3) is 22.3 Å². The van der Waals surface area contributed by atoms with Crippen molar-refractivity contribution in [2.75, 3.05) is 50.0 Å². The number of benzene rings is 4. The van der Waals surface area contributed by atoms with Gasteiger partial charge in [0.05, 0.1) is 22.9 Å². The Kier molecular flexibility index (Phi) is 17.0. The first-order valence-corrected chi connectivity index (χ1v) is 21.1. The molecule has 0 bridgehead atoms. The summed E-state index contributed by atoms with van der Waals surface area (Å²) in [5.41, 5.74) is 16.3. The molecule has 6 rings (SSSR count). The second-order valence-corrected chi connectivity index (χ2v) is 18.3. The largest absolute Gasteiger partial charge is 2.00 e. The maximum atomic E-state index is 9.19. The van der Waals surface area contributed by atoms with Gasteiger partial charge in [0.1, 0.15) is 0 Å². The van der Waals surface area contributed by atoms with Crippen LogP contribution < -0.4 is 20.8 Å². The molecule has 6 nitrogen and oxygen atoms in total. The van der Waals surface area contributed by atoms with Gasteiger partial charge in [-0.3, -0.25) is 4.55 Å². The predicted octanol–water partition coefficient (Wildman–Crippen LogP) is 9.23. The molecular weight excluding hydrogens is 752 g/mol. The third-order valence-electron chi connectivity index (χ3n) is 9.54. The van der Waals surface area contributed by atoms with E-state index in [1.807, 2.05) is 48.5 Å². The number of nitrogen functional groups attached to an aromatic ring is 1. The fourth-order valence-electron chi connectivity index (χ4n) is 7.41. The number of rotatable bonds is 7. The fourth-order valence-corrected chi connectivity index (χ4v) is 11.8. The number of para-hydroxylation sites is 1. The summed E-state index contributed by atoms with van der Waals surface area (Å²) in [6, 6.07) is 35.1. The van der Waals surface area contributed by atoms with E-state index < -0.39 is 18.0 Å². The summed E-state index contributed by atoms with van der Waals surface area (Å²) in [5.74, 6) is 0. The van der Waals surface area contributed by atoms with Gasteiger partial charge in [-0.1, -0.05) is 60.9 Å². The molecule has 2 aliphatic carbocycles. The molecule has 0 aromatic heterocycles. The molecule has 0 atom stereocenters. The molecule has 0 amide bonds. The van der Waals surface area contributed by atoms with Crippen LogP contribution in [0.15, 0.2) is 91.0 Å². The van der Waals surface area contributed by atoms with E-state index in [1.54, 1.807) is 5.30 Å². The van der Waals surface area contributed by atoms with E-state index in [1.165, 1.54) is 86.7 Å². The topological polar surface area (TPSA) is 86.9 Å². The van der Waals surface area contributed by atoms with Gasteiger partial charge in [0, 0.05) is 58.6 Å². The van der Waals surface area contributed by atoms with Crippen LogP contribution in [0.4, 0.5) is 17.1 Å². The van der Waals surface area contributed by atoms with Gasteiger partial charge in [0.15, 0.2) is 0 Å². The summed E-state index contributed by atoms with van der Waals surface area (Å²) in [4.78, 5) is 4.60. The minimum Gasteiger partial charge on any atom is -0.406 e. The smallest absolute Gasteiger partial charge is 0.406 e. The first-order valence-electron chi connectivity index (χ1n) is 17.6. The Morgan fingerprint density at radius 3 is 1.60 bits per heavy atom. The van der Waals surface area contributed by atoms with Crippen molar-refractivity contribution in [1.29, 1.82) is 0 Å². The van der Waals surface area contributed by atoms with Gasteiger partial charge in [-0.15, -0.1) is 35.9 Å². The standard InChI is InChI=1S/C28H41N2P.C12H10N.CH4O3S.Pd/c1-29(2)25-19-13-20-26(30(3)4)28(25)24-18-11-12-21-27(24)31(22-14-7-5-8-15-22)23-16-9-6-10-17-23;13-12-9-5-4-8-11(12)10-6-2-1-3-7-10;1-5(2,3)4;/h11-13,18-23H,5-10,14-17H2,1-4H3;1-6,8-9H,13H2;1H3,(H,2,3,4);/q;-1;;+2/p+1. The molecule has 0 saturated heterocycles. The average Bonchev–Trinajstić information content (AvgIpc) is 3.09. The Morgan fingerprint density at radius 1 is 0.680 bits per heavy atom. The Balaban J connectivity index is 0.000000293. The monoisotopic (exact) mass is 807 g/mol. The molecular formula is C41H56N3O3PPdS+2. The van der Waals surface area contributed by atoms with Crippen LogP contribution in [0.1, 0.15) is 64.2 Å². The third-order valence-corrected chi connectivity index (χ3v) is 13.5. The Bertz CT molecular complexity index is 1660. The van der Waals surface area contributed by atoms with E-state index in [2.05, 4.69) is 86.5 Å². The molecule has 3 N–H and O–H groups in total. The van der Waals surface area contributed by atoms with Crippen LogP contribution in [0.2, 0.25) is 0 Å². The summed E-state index contributed by atoms with van der Waals surface area (Å²) < 4.78 is 25.9. The number of nitrogens with two attached hydrogens (primary N) is 1. The van der Waals surface area contributed by atoms with Crippen molar-refractivity contribution in [1.82, 2.24) is 0 Å². The summed E-state index contributed by atoms with van der Waals surface area (Å²) in [6.45, 7) is 0. The van der Waals surface area contributed by atoms with Crippen molar-refractivity contribution in [2.45, 2.75) is 75.5 Å². The van der Waals surface area contributed by atoms with Crippen LogP contribution in [0.3, 0.4) is 0 Å². The number of anilines is 3. The van der Waals surface area contributed by atoms with E-state index in [0.29, 0.717) is 6.26 Å². The van der Waals surface area contributed by atoms with Crippen molar-refractivity contribution in [3.63, 3.8) is 0 Å². The molecule has 4 aromatic rings. The van der Waals surface area contributed by atoms with Crippen molar-refractivity contribution >= 4 is 40.4 Å². The molecule has 2 aliphatic rings. The zero-order chi connectivity index (χ0) is 35.4. The van der Waals surface area contributed by atoms with E-state index >= 15 is 0 Å². The minimum atomic E-state index is -3.67. The minimum absolute atomic E-state index is 0. The van der Waals surface area contributed by atoms with Crippen LogP contribution >= 0.6 is 7.92 Å². The van der Waals surface area contributed by atoms with Gasteiger partial charge in [-0.25, -0.2) is 0 Å². The van der Waals surface area contributed by atoms with Crippen molar-refractivity contribution in [3.05, 3.63) is 97.1 Å². The number of hydrogen-bond donors (Lipinski definition) is 2. The maximum Gasteiger partial charge on any atom is 2.00 e. The average molecular weight is 808 g/mol. The van der Waals surface area contributed by atoms with Crippen molar-refractivity contribution < 1.29 is 33.4 Å². The second-order valence-electron chi connectivity index (χ2n) is 13.7. The molecule has 0 heterocycles. The summed E-state index contributed by atoms with van der Waals surface area (Å²) >= 11 is 0. The predicted molar refractivity (Wildman–Crippen MR) is 215 cm³/mol. The molecule has 2 saturated carbocycles. The Hall–Kier alpha value is -2.72. The normalized spacial score (nSPS) is 15.1. The van der Waals surface area contributed by atoms with Crippen LogP contribution in [-0.4, -0.2) is 58.7 Å². The Morgan fingerprint density at radius 2 is 1.14 bits per heavy atom. The van der Waals surface area contributed by atoms with E-state index in [4.69, 9.17) is 10.3 Å². The summed E-state index contributed by atoms with van der Waals surface area (Å²) in [5, 5.41) is 1.73. The first kappa shape index (κ1) is 41.7. The van der Waals surface area contributed by atoms with Gasteiger partial charge < -0.3 is 15.5 Å². The summed E-state index contributed by atoms with van der Waals surface area (Å²) in [7, 11) is 4.47. The molecule has 4 aromatic carbocycles. The van der Waals surface area contributed by atoms with E-state index in [0.717, 1.165) is 28.1 Å². The van der Waals surface area contributed by atoms with Gasteiger partial charge in [0.25, 0.3) is 10.1 Å². The molecule has 0 unspecified atom stereocenters. The quantitative estimate of drug-likeness (QED) is 0.0637. The fraction of sp³-hybridized carbons (Fsp3) is 0.415. The number of nitrogens with zero attached hydrogens (tertiary/aromatic N) is 2. The van der Waals surface area contributed by atoms with Crippen LogP contribution in [-0.2, 0) is 30.5 Å². The maximum absolute atomic E-state index is 9.19. The molecule has 0 spiro atoms. The van der Waals surface area contributed by atoms with Crippen molar-refractivity contribution in [3.8, 4) is 22.3 Å². The third kappa shape index (κ3) is 12.2. The van der Waals surface area contributed by atoms with Gasteiger partial charge in [-0.05, 0) is 81.3 Å². The van der Waals surface area contributed by atoms with E-state index in [9.17, 15) is 8.42 Å². The van der Waals surface area contributed by atoms with Crippen LogP contribution in [0.5, 0.6) is 0 Å². The van der Waals surface area contributed by atoms with Crippen LogP contribution in [0, 0.1) is 6.07 Å².